The molecule has 1 N–H and O–H groups in total. The summed E-state index contributed by atoms with van der Waals surface area (Å²) in [5.74, 6) is 1.70. The third kappa shape index (κ3) is 4.72. The second kappa shape index (κ2) is 10.3. The Labute approximate surface area is 220 Å². The summed E-state index contributed by atoms with van der Waals surface area (Å²) in [5, 5.41) is 4.40. The first-order valence-corrected chi connectivity index (χ1v) is 12.9. The van der Waals surface area contributed by atoms with Crippen molar-refractivity contribution in [2.24, 2.45) is 0 Å². The second-order valence-corrected chi connectivity index (χ2v) is 9.61. The number of aromatic nitrogens is 5. The molecule has 0 bridgehead atoms. The average molecular weight is 511 g/mol. The molecule has 9 nitrogen and oxygen atoms in total. The zero-order chi connectivity index (χ0) is 26.1. The van der Waals surface area contributed by atoms with E-state index in [4.69, 9.17) is 19.2 Å². The smallest absolute Gasteiger partial charge is 0.247 e. The number of nitrogens with one attached hydrogen (secondary N) is 1. The first-order valence-electron chi connectivity index (χ1n) is 12.9. The Kier molecular flexibility index (Phi) is 6.51. The standard InChI is InChI=1S/C29H30N6O3/c1-18(2)38-28-26-27(35(17-31-26)25-6-4-5-15-37-25)33-29(34-28)32-20-9-12-24-23(16-20)22(13-14-30-24)19-7-10-21(36-3)11-8-19/h7-14,16-18,25H,4-6,15H2,1-3H3,(H,32,33,34). The Morgan fingerprint density at radius 2 is 1.89 bits per heavy atom. The molecular formula is C29H30N6O3. The molecule has 6 rings (SSSR count). The number of rotatable bonds is 7. The summed E-state index contributed by atoms with van der Waals surface area (Å²) in [6, 6.07) is 16.1. The highest BCUT2D eigenvalue weighted by Crippen LogP contribution is 2.33. The van der Waals surface area contributed by atoms with Crippen molar-refractivity contribution < 1.29 is 14.2 Å². The van der Waals surface area contributed by atoms with E-state index < -0.39 is 0 Å². The van der Waals surface area contributed by atoms with Crippen LogP contribution in [-0.4, -0.2) is 44.3 Å². The number of fused-ring (bicyclic) bond motifs is 2. The molecule has 0 saturated carbocycles. The summed E-state index contributed by atoms with van der Waals surface area (Å²) < 4.78 is 19.4. The van der Waals surface area contributed by atoms with Gasteiger partial charge in [0, 0.05) is 23.9 Å². The third-order valence-corrected chi connectivity index (χ3v) is 6.60. The minimum Gasteiger partial charge on any atom is -0.497 e. The molecule has 2 aromatic carbocycles. The van der Waals surface area contributed by atoms with E-state index in [1.165, 1.54) is 0 Å². The number of hydrogen-bond donors (Lipinski definition) is 1. The summed E-state index contributed by atoms with van der Waals surface area (Å²) in [7, 11) is 1.67. The van der Waals surface area contributed by atoms with Gasteiger partial charge in [-0.2, -0.15) is 9.97 Å². The molecule has 3 aromatic heterocycles. The summed E-state index contributed by atoms with van der Waals surface area (Å²) in [6.45, 7) is 4.68. The molecule has 1 saturated heterocycles. The minimum absolute atomic E-state index is 0.0594. The van der Waals surface area contributed by atoms with E-state index in [1.54, 1.807) is 13.4 Å². The molecule has 0 aliphatic carbocycles. The van der Waals surface area contributed by atoms with Gasteiger partial charge in [-0.3, -0.25) is 9.55 Å². The largest absolute Gasteiger partial charge is 0.497 e. The van der Waals surface area contributed by atoms with Crippen LogP contribution in [0.5, 0.6) is 11.6 Å². The maximum atomic E-state index is 6.04. The van der Waals surface area contributed by atoms with Crippen LogP contribution in [0, 0.1) is 0 Å². The van der Waals surface area contributed by atoms with Gasteiger partial charge in [-0.1, -0.05) is 12.1 Å². The number of methoxy groups -OCH3 is 1. The van der Waals surface area contributed by atoms with E-state index in [0.29, 0.717) is 23.0 Å². The molecule has 0 amide bonds. The predicted molar refractivity (Wildman–Crippen MR) is 147 cm³/mol. The molecule has 1 unspecified atom stereocenters. The van der Waals surface area contributed by atoms with Gasteiger partial charge in [0.05, 0.1) is 25.1 Å². The van der Waals surface area contributed by atoms with Gasteiger partial charge in [0.25, 0.3) is 0 Å². The lowest BCUT2D eigenvalue weighted by molar-refractivity contribution is -0.0298. The van der Waals surface area contributed by atoms with Crippen molar-refractivity contribution in [2.45, 2.75) is 45.4 Å². The molecular weight excluding hydrogens is 480 g/mol. The Hall–Kier alpha value is -4.24. The van der Waals surface area contributed by atoms with Crippen LogP contribution >= 0.6 is 0 Å². The van der Waals surface area contributed by atoms with Gasteiger partial charge in [0.2, 0.25) is 11.8 Å². The minimum atomic E-state index is -0.0952. The molecule has 9 heteroatoms. The summed E-state index contributed by atoms with van der Waals surface area (Å²) in [5.41, 5.74) is 5.21. The topological polar surface area (TPSA) is 96.2 Å². The van der Waals surface area contributed by atoms with Gasteiger partial charge >= 0.3 is 0 Å². The lowest BCUT2D eigenvalue weighted by Crippen LogP contribution is -2.18. The lowest BCUT2D eigenvalue weighted by atomic mass is 10.0. The second-order valence-electron chi connectivity index (χ2n) is 9.61. The van der Waals surface area contributed by atoms with Crippen LogP contribution in [0.1, 0.15) is 39.3 Å². The summed E-state index contributed by atoms with van der Waals surface area (Å²) in [6.07, 6.45) is 6.55. The van der Waals surface area contributed by atoms with E-state index >= 15 is 0 Å². The van der Waals surface area contributed by atoms with E-state index in [2.05, 4.69) is 38.5 Å². The van der Waals surface area contributed by atoms with Crippen LogP contribution in [-0.2, 0) is 4.74 Å². The van der Waals surface area contributed by atoms with Crippen molar-refractivity contribution >= 4 is 33.7 Å². The zero-order valence-corrected chi connectivity index (χ0v) is 21.7. The normalized spacial score (nSPS) is 15.7. The number of anilines is 2. The molecule has 0 spiro atoms. The molecule has 1 fully saturated rings. The van der Waals surface area contributed by atoms with Gasteiger partial charge in [0.1, 0.15) is 12.0 Å². The molecule has 1 atom stereocenters. The van der Waals surface area contributed by atoms with Crippen molar-refractivity contribution in [3.63, 3.8) is 0 Å². The SMILES string of the molecule is COc1ccc(-c2ccnc3ccc(Nc4nc(OC(C)C)c5ncn(C6CCCCO6)c5n4)cc23)cc1. The monoisotopic (exact) mass is 510 g/mol. The molecule has 5 aromatic rings. The fourth-order valence-electron chi connectivity index (χ4n) is 4.78. The van der Waals surface area contributed by atoms with Crippen molar-refractivity contribution in [1.82, 2.24) is 24.5 Å². The maximum absolute atomic E-state index is 6.04. The number of benzene rings is 2. The van der Waals surface area contributed by atoms with Crippen LogP contribution in [0.2, 0.25) is 0 Å². The van der Waals surface area contributed by atoms with Gasteiger partial charge in [-0.15, -0.1) is 0 Å². The number of imidazole rings is 1. The Morgan fingerprint density at radius 3 is 2.66 bits per heavy atom. The highest BCUT2D eigenvalue weighted by atomic mass is 16.5. The average Bonchev–Trinajstić information content (AvgIpc) is 3.37. The third-order valence-electron chi connectivity index (χ3n) is 6.60. The molecule has 194 valence electrons. The Bertz CT molecular complexity index is 1580. The van der Waals surface area contributed by atoms with Crippen LogP contribution in [0.15, 0.2) is 61.1 Å². The maximum Gasteiger partial charge on any atom is 0.247 e. The molecule has 4 heterocycles. The first-order chi connectivity index (χ1) is 18.6. The van der Waals surface area contributed by atoms with Crippen molar-refractivity contribution in [3.8, 4) is 22.8 Å². The predicted octanol–water partition coefficient (Wildman–Crippen LogP) is 6.28. The quantitative estimate of drug-likeness (QED) is 0.273. The van der Waals surface area contributed by atoms with Crippen LogP contribution in [0.3, 0.4) is 0 Å². The summed E-state index contributed by atoms with van der Waals surface area (Å²) in [4.78, 5) is 18.7. The van der Waals surface area contributed by atoms with E-state index in [9.17, 15) is 0 Å². The van der Waals surface area contributed by atoms with Crippen LogP contribution in [0.4, 0.5) is 11.6 Å². The number of nitrogens with zero attached hydrogens (tertiary/aromatic N) is 5. The number of hydrogen-bond acceptors (Lipinski definition) is 8. The number of ether oxygens (including phenoxy) is 3. The van der Waals surface area contributed by atoms with Crippen molar-refractivity contribution in [1.29, 1.82) is 0 Å². The van der Waals surface area contributed by atoms with Crippen LogP contribution in [0.25, 0.3) is 33.2 Å². The Balaban J connectivity index is 1.39. The van der Waals surface area contributed by atoms with E-state index in [1.807, 2.05) is 54.9 Å². The highest BCUT2D eigenvalue weighted by molar-refractivity contribution is 5.96. The van der Waals surface area contributed by atoms with Gasteiger partial charge < -0.3 is 19.5 Å². The molecule has 38 heavy (non-hydrogen) atoms. The number of pyridine rings is 1. The van der Waals surface area contributed by atoms with E-state index in [-0.39, 0.29) is 12.3 Å². The molecule has 0 radical (unpaired) electrons. The molecule has 1 aliphatic rings. The van der Waals surface area contributed by atoms with E-state index in [0.717, 1.165) is 59.3 Å². The van der Waals surface area contributed by atoms with Gasteiger partial charge in [0.15, 0.2) is 11.2 Å². The van der Waals surface area contributed by atoms with Crippen LogP contribution < -0.4 is 14.8 Å². The highest BCUT2D eigenvalue weighted by Gasteiger charge is 2.22. The lowest BCUT2D eigenvalue weighted by Gasteiger charge is -2.24. The fraction of sp³-hybridized carbons (Fsp3) is 0.310. The first kappa shape index (κ1) is 24.1. The van der Waals surface area contributed by atoms with Gasteiger partial charge in [-0.25, -0.2) is 4.98 Å². The van der Waals surface area contributed by atoms with Gasteiger partial charge in [-0.05, 0) is 80.6 Å². The summed E-state index contributed by atoms with van der Waals surface area (Å²) >= 11 is 0. The zero-order valence-electron chi connectivity index (χ0n) is 21.7. The molecule has 1 aliphatic heterocycles. The fourth-order valence-corrected chi connectivity index (χ4v) is 4.78. The van der Waals surface area contributed by atoms with Crippen molar-refractivity contribution in [3.05, 3.63) is 61.1 Å². The van der Waals surface area contributed by atoms with Crippen molar-refractivity contribution in [2.75, 3.05) is 19.0 Å². The Morgan fingerprint density at radius 1 is 1.03 bits per heavy atom.